The lowest BCUT2D eigenvalue weighted by Crippen LogP contribution is -2.26. The Hall–Kier alpha value is -2.14. The van der Waals surface area contributed by atoms with Gasteiger partial charge in [0.1, 0.15) is 6.04 Å². The van der Waals surface area contributed by atoms with Crippen molar-refractivity contribution in [3.8, 4) is 0 Å². The normalized spacial score (nSPS) is 12.4. The molecule has 5 heteroatoms. The number of rotatable bonds is 6. The average Bonchev–Trinajstić information content (AvgIpc) is 3.19. The van der Waals surface area contributed by atoms with Crippen molar-refractivity contribution in [3.63, 3.8) is 0 Å². The van der Waals surface area contributed by atoms with Crippen LogP contribution in [0.4, 0.5) is 5.69 Å². The van der Waals surface area contributed by atoms with Crippen LogP contribution in [-0.4, -0.2) is 27.5 Å². The molecule has 0 aliphatic heterocycles. The van der Waals surface area contributed by atoms with Crippen LogP contribution in [0.3, 0.4) is 0 Å². The predicted octanol–water partition coefficient (Wildman–Crippen LogP) is 3.90. The van der Waals surface area contributed by atoms with Gasteiger partial charge in [-0.15, -0.1) is 0 Å². The maximum Gasteiger partial charge on any atom is 0.247 e. The third-order valence-electron chi connectivity index (χ3n) is 3.74. The molecule has 2 N–H and O–H groups in total. The first-order chi connectivity index (χ1) is 10.8. The van der Waals surface area contributed by atoms with E-state index in [4.69, 9.17) is 0 Å². The van der Waals surface area contributed by atoms with Crippen LogP contribution in [0.1, 0.15) is 12.5 Å². The molecule has 2 aromatic heterocycles. The number of carbonyl (C=O) groups is 1. The molecule has 4 nitrogen and oxygen atoms in total. The molecule has 0 bridgehead atoms. The van der Waals surface area contributed by atoms with E-state index in [0.717, 1.165) is 28.8 Å². The Morgan fingerprint density at radius 1 is 1.27 bits per heavy atom. The minimum Gasteiger partial charge on any atom is -0.361 e. The Balaban J connectivity index is 1.83. The van der Waals surface area contributed by atoms with Crippen LogP contribution in [0, 0.1) is 0 Å². The number of nitrogens with one attached hydrogen (secondary N) is 2. The van der Waals surface area contributed by atoms with Gasteiger partial charge in [-0.25, -0.2) is 0 Å². The summed E-state index contributed by atoms with van der Waals surface area (Å²) >= 11 is 1.76. The first-order valence-electron chi connectivity index (χ1n) is 7.28. The Labute approximate surface area is 133 Å². The molecule has 114 valence electrons. The van der Waals surface area contributed by atoms with Gasteiger partial charge in [0.05, 0.1) is 5.69 Å². The summed E-state index contributed by atoms with van der Waals surface area (Å²) in [4.78, 5) is 15.9. The largest absolute Gasteiger partial charge is 0.361 e. The van der Waals surface area contributed by atoms with Gasteiger partial charge in [-0.1, -0.05) is 6.07 Å². The molecule has 0 saturated heterocycles. The number of benzene rings is 1. The molecular formula is C17H19N3OS. The van der Waals surface area contributed by atoms with Gasteiger partial charge < -0.3 is 14.9 Å². The second-order valence-electron chi connectivity index (χ2n) is 5.16. The Bertz CT molecular complexity index is 748. The number of amides is 1. The van der Waals surface area contributed by atoms with Crippen LogP contribution in [0.2, 0.25) is 0 Å². The van der Waals surface area contributed by atoms with Crippen LogP contribution in [-0.2, 0) is 4.79 Å². The number of aromatic amines is 1. The summed E-state index contributed by atoms with van der Waals surface area (Å²) in [6.45, 7) is 0. The van der Waals surface area contributed by atoms with Crippen molar-refractivity contribution in [2.75, 3.05) is 17.3 Å². The second kappa shape index (κ2) is 6.75. The number of aromatic nitrogens is 2. The van der Waals surface area contributed by atoms with Crippen LogP contribution >= 0.6 is 11.8 Å². The van der Waals surface area contributed by atoms with Crippen molar-refractivity contribution in [1.82, 2.24) is 9.55 Å². The molecule has 3 rings (SSSR count). The van der Waals surface area contributed by atoms with Gasteiger partial charge in [0.25, 0.3) is 0 Å². The summed E-state index contributed by atoms with van der Waals surface area (Å²) in [6.07, 6.45) is 8.65. The molecule has 1 unspecified atom stereocenters. The highest BCUT2D eigenvalue weighted by molar-refractivity contribution is 7.98. The molecule has 1 amide bonds. The number of thioether (sulfide) groups is 1. The van der Waals surface area contributed by atoms with Crippen LogP contribution in [0.15, 0.2) is 55.0 Å². The molecule has 3 aromatic rings. The number of fused-ring (bicyclic) bond motifs is 1. The summed E-state index contributed by atoms with van der Waals surface area (Å²) in [7, 11) is 0. The zero-order valence-electron chi connectivity index (χ0n) is 12.5. The van der Waals surface area contributed by atoms with E-state index in [2.05, 4.69) is 16.6 Å². The summed E-state index contributed by atoms with van der Waals surface area (Å²) in [5.41, 5.74) is 1.88. The van der Waals surface area contributed by atoms with Crippen LogP contribution in [0.25, 0.3) is 10.9 Å². The number of hydrogen-bond donors (Lipinski definition) is 2. The van der Waals surface area contributed by atoms with E-state index >= 15 is 0 Å². The summed E-state index contributed by atoms with van der Waals surface area (Å²) in [5.74, 6) is 0.976. The molecular weight excluding hydrogens is 294 g/mol. The number of nitrogens with zero attached hydrogens (tertiary/aromatic N) is 1. The highest BCUT2D eigenvalue weighted by Gasteiger charge is 2.20. The fourth-order valence-corrected chi connectivity index (χ4v) is 3.07. The van der Waals surface area contributed by atoms with Gasteiger partial charge in [0, 0.05) is 29.5 Å². The Morgan fingerprint density at radius 2 is 2.09 bits per heavy atom. The van der Waals surface area contributed by atoms with E-state index in [0.29, 0.717) is 0 Å². The van der Waals surface area contributed by atoms with Crippen molar-refractivity contribution in [2.45, 2.75) is 12.5 Å². The second-order valence-corrected chi connectivity index (χ2v) is 6.15. The van der Waals surface area contributed by atoms with E-state index in [1.165, 1.54) is 0 Å². The first kappa shape index (κ1) is 14.8. The smallest absolute Gasteiger partial charge is 0.247 e. The molecule has 1 atom stereocenters. The summed E-state index contributed by atoms with van der Waals surface area (Å²) in [6, 6.07) is 11.6. The monoisotopic (exact) mass is 313 g/mol. The highest BCUT2D eigenvalue weighted by atomic mass is 32.2. The highest BCUT2D eigenvalue weighted by Crippen LogP contribution is 2.24. The maximum atomic E-state index is 12.7. The summed E-state index contributed by atoms with van der Waals surface area (Å²) in [5, 5.41) is 4.11. The Kier molecular flexibility index (Phi) is 4.53. The third kappa shape index (κ3) is 3.04. The number of anilines is 1. The third-order valence-corrected chi connectivity index (χ3v) is 4.38. The molecule has 1 aromatic carbocycles. The lowest BCUT2D eigenvalue weighted by Gasteiger charge is -2.18. The molecule has 0 saturated carbocycles. The number of hydrogen-bond acceptors (Lipinski definition) is 2. The lowest BCUT2D eigenvalue weighted by atomic mass is 10.1. The van der Waals surface area contributed by atoms with Crippen molar-refractivity contribution in [1.29, 1.82) is 0 Å². The zero-order valence-corrected chi connectivity index (χ0v) is 13.3. The fourth-order valence-electron chi connectivity index (χ4n) is 2.61. The minimum atomic E-state index is -0.184. The maximum absolute atomic E-state index is 12.7. The number of carbonyl (C=O) groups excluding carboxylic acids is 1. The zero-order chi connectivity index (χ0) is 15.4. The molecule has 0 radical (unpaired) electrons. The first-order valence-corrected chi connectivity index (χ1v) is 8.67. The minimum absolute atomic E-state index is 0.0268. The van der Waals surface area contributed by atoms with Gasteiger partial charge in [-0.05, 0) is 48.8 Å². The standard InChI is InChI=1S/C17H19N3OS/c1-22-12-8-16(20-10-2-3-11-20)17(21)19-15-6-4-5-14-13(15)7-9-18-14/h2-7,9-11,16,18H,8,12H2,1H3,(H,19,21). The van der Waals surface area contributed by atoms with Crippen molar-refractivity contribution < 1.29 is 4.79 Å². The van der Waals surface area contributed by atoms with Crippen molar-refractivity contribution in [3.05, 3.63) is 55.0 Å². The van der Waals surface area contributed by atoms with Gasteiger partial charge in [0.2, 0.25) is 5.91 Å². The van der Waals surface area contributed by atoms with Crippen molar-refractivity contribution in [2.24, 2.45) is 0 Å². The summed E-state index contributed by atoms with van der Waals surface area (Å²) < 4.78 is 1.98. The van der Waals surface area contributed by atoms with Crippen LogP contribution < -0.4 is 5.32 Å². The van der Waals surface area contributed by atoms with Gasteiger partial charge in [0.15, 0.2) is 0 Å². The van der Waals surface area contributed by atoms with Gasteiger partial charge in [-0.2, -0.15) is 11.8 Å². The molecule has 0 aliphatic rings. The topological polar surface area (TPSA) is 49.8 Å². The molecule has 2 heterocycles. The van der Waals surface area contributed by atoms with Gasteiger partial charge >= 0.3 is 0 Å². The van der Waals surface area contributed by atoms with E-state index in [1.807, 2.05) is 59.6 Å². The number of H-pyrrole nitrogens is 1. The van der Waals surface area contributed by atoms with Crippen molar-refractivity contribution >= 4 is 34.3 Å². The molecule has 22 heavy (non-hydrogen) atoms. The fraction of sp³-hybridized carbons (Fsp3) is 0.235. The predicted molar refractivity (Wildman–Crippen MR) is 93.4 cm³/mol. The van der Waals surface area contributed by atoms with E-state index < -0.39 is 0 Å². The van der Waals surface area contributed by atoms with E-state index in [1.54, 1.807) is 11.8 Å². The average molecular weight is 313 g/mol. The van der Waals surface area contributed by atoms with E-state index in [-0.39, 0.29) is 11.9 Å². The van der Waals surface area contributed by atoms with Crippen LogP contribution in [0.5, 0.6) is 0 Å². The molecule has 0 spiro atoms. The molecule has 0 aliphatic carbocycles. The Morgan fingerprint density at radius 3 is 2.86 bits per heavy atom. The lowest BCUT2D eigenvalue weighted by molar-refractivity contribution is -0.119. The van der Waals surface area contributed by atoms with E-state index in [9.17, 15) is 4.79 Å². The SMILES string of the molecule is CSCCC(C(=O)Nc1cccc2[nH]ccc12)n1cccc1. The van der Waals surface area contributed by atoms with Gasteiger partial charge in [-0.3, -0.25) is 4.79 Å². The quantitative estimate of drug-likeness (QED) is 0.725. The molecule has 0 fully saturated rings.